The third-order valence-corrected chi connectivity index (χ3v) is 3.55. The fraction of sp³-hybridized carbons (Fsp3) is 0.167. The lowest BCUT2D eigenvalue weighted by Gasteiger charge is -2.06. The molecule has 0 aliphatic heterocycles. The van der Waals surface area contributed by atoms with Gasteiger partial charge in [0.15, 0.2) is 0 Å². The Labute approximate surface area is 135 Å². The second-order valence-electron chi connectivity index (χ2n) is 5.22. The fourth-order valence-electron chi connectivity index (χ4n) is 2.31. The third kappa shape index (κ3) is 4.03. The van der Waals surface area contributed by atoms with Gasteiger partial charge < -0.3 is 5.32 Å². The Bertz CT molecular complexity index is 736. The fourth-order valence-corrected chi connectivity index (χ4v) is 2.31. The first-order valence-corrected chi connectivity index (χ1v) is 7.59. The van der Waals surface area contributed by atoms with E-state index in [4.69, 9.17) is 0 Å². The van der Waals surface area contributed by atoms with Crippen molar-refractivity contribution >= 4 is 5.91 Å². The van der Waals surface area contributed by atoms with Crippen LogP contribution < -0.4 is 5.32 Å². The summed E-state index contributed by atoms with van der Waals surface area (Å²) in [5.41, 5.74) is 1.85. The molecular formula is C18H18N4O. The number of pyridine rings is 1. The largest absolute Gasteiger partial charge is 0.352 e. The molecule has 0 atom stereocenters. The van der Waals surface area contributed by atoms with E-state index >= 15 is 0 Å². The Morgan fingerprint density at radius 3 is 2.70 bits per heavy atom. The van der Waals surface area contributed by atoms with Gasteiger partial charge in [-0.3, -0.25) is 9.36 Å². The number of carbonyl (C=O) groups excluding carboxylic acids is 1. The van der Waals surface area contributed by atoms with Crippen molar-refractivity contribution in [2.75, 3.05) is 6.54 Å². The van der Waals surface area contributed by atoms with Crippen LogP contribution in [0.3, 0.4) is 0 Å². The van der Waals surface area contributed by atoms with E-state index < -0.39 is 0 Å². The molecule has 0 spiro atoms. The van der Waals surface area contributed by atoms with E-state index in [0.29, 0.717) is 12.1 Å². The van der Waals surface area contributed by atoms with Crippen molar-refractivity contribution in [3.05, 3.63) is 78.5 Å². The molecule has 3 aromatic rings. The van der Waals surface area contributed by atoms with E-state index in [1.54, 1.807) is 35.4 Å². The number of hydrogen-bond acceptors (Lipinski definition) is 3. The molecule has 116 valence electrons. The van der Waals surface area contributed by atoms with Crippen molar-refractivity contribution in [2.45, 2.75) is 12.8 Å². The molecule has 0 saturated carbocycles. The number of imidazole rings is 1. The average molecular weight is 306 g/mol. The Morgan fingerprint density at radius 1 is 1.13 bits per heavy atom. The van der Waals surface area contributed by atoms with E-state index in [2.05, 4.69) is 27.4 Å². The first-order valence-electron chi connectivity index (χ1n) is 7.59. The smallest absolute Gasteiger partial charge is 0.252 e. The van der Waals surface area contributed by atoms with Crippen LogP contribution in [0, 0.1) is 0 Å². The summed E-state index contributed by atoms with van der Waals surface area (Å²) in [6.07, 6.45) is 8.63. The minimum Gasteiger partial charge on any atom is -0.352 e. The van der Waals surface area contributed by atoms with Crippen molar-refractivity contribution in [3.8, 4) is 5.82 Å². The van der Waals surface area contributed by atoms with Crippen LogP contribution in [0.25, 0.3) is 5.82 Å². The topological polar surface area (TPSA) is 59.8 Å². The second kappa shape index (κ2) is 7.35. The number of amides is 1. The Kier molecular flexibility index (Phi) is 4.79. The van der Waals surface area contributed by atoms with Crippen LogP contribution in [0.5, 0.6) is 0 Å². The molecule has 23 heavy (non-hydrogen) atoms. The first-order chi connectivity index (χ1) is 11.3. The van der Waals surface area contributed by atoms with Gasteiger partial charge >= 0.3 is 0 Å². The number of aromatic nitrogens is 3. The highest BCUT2D eigenvalue weighted by Gasteiger charge is 2.06. The molecule has 2 heterocycles. The number of hydrogen-bond donors (Lipinski definition) is 1. The lowest BCUT2D eigenvalue weighted by Crippen LogP contribution is -2.25. The summed E-state index contributed by atoms with van der Waals surface area (Å²) in [5, 5.41) is 2.93. The molecular weight excluding hydrogens is 288 g/mol. The van der Waals surface area contributed by atoms with Gasteiger partial charge in [0.25, 0.3) is 5.91 Å². The molecule has 0 fully saturated rings. The molecule has 0 unspecified atom stereocenters. The van der Waals surface area contributed by atoms with Gasteiger partial charge in [-0.25, -0.2) is 9.97 Å². The van der Waals surface area contributed by atoms with Crippen LogP contribution in [0.2, 0.25) is 0 Å². The summed E-state index contributed by atoms with van der Waals surface area (Å²) >= 11 is 0. The molecule has 0 aliphatic carbocycles. The van der Waals surface area contributed by atoms with E-state index in [9.17, 15) is 4.79 Å². The molecule has 1 N–H and O–H groups in total. The van der Waals surface area contributed by atoms with Gasteiger partial charge in [-0.05, 0) is 30.5 Å². The van der Waals surface area contributed by atoms with Crippen molar-refractivity contribution < 1.29 is 4.79 Å². The van der Waals surface area contributed by atoms with Gasteiger partial charge in [0.1, 0.15) is 12.1 Å². The van der Waals surface area contributed by atoms with Gasteiger partial charge in [0, 0.05) is 25.1 Å². The van der Waals surface area contributed by atoms with Crippen molar-refractivity contribution in [1.29, 1.82) is 0 Å². The quantitative estimate of drug-likeness (QED) is 0.712. The molecule has 0 saturated heterocycles. The lowest BCUT2D eigenvalue weighted by atomic mass is 10.1. The van der Waals surface area contributed by atoms with E-state index in [-0.39, 0.29) is 5.91 Å². The molecule has 0 bridgehead atoms. The number of carbonyl (C=O) groups is 1. The highest BCUT2D eigenvalue weighted by Crippen LogP contribution is 2.06. The summed E-state index contributed by atoms with van der Waals surface area (Å²) in [6, 6.07) is 13.8. The number of benzene rings is 1. The summed E-state index contributed by atoms with van der Waals surface area (Å²) in [6.45, 7) is 0.650. The predicted molar refractivity (Wildman–Crippen MR) is 88.5 cm³/mol. The van der Waals surface area contributed by atoms with Crippen LogP contribution in [-0.2, 0) is 6.42 Å². The van der Waals surface area contributed by atoms with Gasteiger partial charge in [-0.2, -0.15) is 0 Å². The highest BCUT2D eigenvalue weighted by atomic mass is 16.1. The van der Waals surface area contributed by atoms with Gasteiger partial charge in [-0.1, -0.05) is 30.3 Å². The first kappa shape index (κ1) is 15.0. The number of aryl methyl sites for hydroxylation is 1. The summed E-state index contributed by atoms with van der Waals surface area (Å²) < 4.78 is 1.79. The van der Waals surface area contributed by atoms with Gasteiger partial charge in [0.2, 0.25) is 0 Å². The standard InChI is InChI=1S/C18H18N4O/c23-18(20-10-4-7-15-5-2-1-3-6-15)16-8-9-17(21-13-16)22-12-11-19-14-22/h1-3,5-6,8-9,11-14H,4,7,10H2,(H,20,23). The molecule has 2 aromatic heterocycles. The Balaban J connectivity index is 1.48. The molecule has 1 amide bonds. The SMILES string of the molecule is O=C(NCCCc1ccccc1)c1ccc(-n2ccnc2)nc1. The summed E-state index contributed by atoms with van der Waals surface area (Å²) in [7, 11) is 0. The zero-order valence-corrected chi connectivity index (χ0v) is 12.7. The van der Waals surface area contributed by atoms with Gasteiger partial charge in [0.05, 0.1) is 5.56 Å². The number of nitrogens with zero attached hydrogens (tertiary/aromatic N) is 3. The average Bonchev–Trinajstić information content (AvgIpc) is 3.14. The minimum atomic E-state index is -0.0947. The van der Waals surface area contributed by atoms with Crippen LogP contribution >= 0.6 is 0 Å². The maximum Gasteiger partial charge on any atom is 0.252 e. The molecule has 5 heteroatoms. The monoisotopic (exact) mass is 306 g/mol. The van der Waals surface area contributed by atoms with Crippen LogP contribution in [0.15, 0.2) is 67.4 Å². The second-order valence-corrected chi connectivity index (χ2v) is 5.22. The molecule has 5 nitrogen and oxygen atoms in total. The molecule has 1 aromatic carbocycles. The highest BCUT2D eigenvalue weighted by molar-refractivity contribution is 5.93. The van der Waals surface area contributed by atoms with Gasteiger partial charge in [-0.15, -0.1) is 0 Å². The minimum absolute atomic E-state index is 0.0947. The normalized spacial score (nSPS) is 10.4. The molecule has 3 rings (SSSR count). The Hall–Kier alpha value is -2.95. The summed E-state index contributed by atoms with van der Waals surface area (Å²) in [5.74, 6) is 0.644. The Morgan fingerprint density at radius 2 is 2.00 bits per heavy atom. The molecule has 0 radical (unpaired) electrons. The zero-order chi connectivity index (χ0) is 15.9. The van der Waals surface area contributed by atoms with E-state index in [0.717, 1.165) is 18.7 Å². The van der Waals surface area contributed by atoms with Crippen LogP contribution in [-0.4, -0.2) is 27.0 Å². The number of rotatable bonds is 6. The van der Waals surface area contributed by atoms with E-state index in [1.807, 2.05) is 24.4 Å². The maximum atomic E-state index is 12.1. The van der Waals surface area contributed by atoms with Crippen molar-refractivity contribution in [3.63, 3.8) is 0 Å². The number of nitrogens with one attached hydrogen (secondary N) is 1. The predicted octanol–water partition coefficient (Wildman–Crippen LogP) is 2.63. The third-order valence-electron chi connectivity index (χ3n) is 3.55. The van der Waals surface area contributed by atoms with Crippen LogP contribution in [0.4, 0.5) is 0 Å². The maximum absolute atomic E-state index is 12.1. The zero-order valence-electron chi connectivity index (χ0n) is 12.7. The van der Waals surface area contributed by atoms with Crippen LogP contribution in [0.1, 0.15) is 22.3 Å². The van der Waals surface area contributed by atoms with Crippen molar-refractivity contribution in [1.82, 2.24) is 19.9 Å². The lowest BCUT2D eigenvalue weighted by molar-refractivity contribution is 0.0953. The van der Waals surface area contributed by atoms with Crippen molar-refractivity contribution in [2.24, 2.45) is 0 Å². The van der Waals surface area contributed by atoms with E-state index in [1.165, 1.54) is 5.56 Å². The summed E-state index contributed by atoms with van der Waals surface area (Å²) in [4.78, 5) is 20.3. The molecule has 0 aliphatic rings.